The van der Waals surface area contributed by atoms with Crippen molar-refractivity contribution < 1.29 is 15.0 Å². The van der Waals surface area contributed by atoms with Crippen LogP contribution in [-0.4, -0.2) is 33.7 Å². The molecule has 0 amide bonds. The predicted molar refractivity (Wildman–Crippen MR) is 109 cm³/mol. The number of carbonyl (C=O) groups is 1. The van der Waals surface area contributed by atoms with Gasteiger partial charge in [-0.1, -0.05) is 0 Å². The predicted octanol–water partition coefficient (Wildman–Crippen LogP) is 3.68. The fourth-order valence-electron chi connectivity index (χ4n) is 5.22. The van der Waals surface area contributed by atoms with E-state index in [-0.39, 0.29) is 17.3 Å². The molecule has 0 radical (unpaired) electrons. The smallest absolute Gasteiger partial charge is 0.182 e. The molecule has 5 rings (SSSR count). The maximum absolute atomic E-state index is 13.1. The van der Waals surface area contributed by atoms with Crippen LogP contribution in [0.2, 0.25) is 0 Å². The number of Topliss-reactive ketones (excluding diaryl/α,β-unsaturated/α-hetero) is 1. The summed E-state index contributed by atoms with van der Waals surface area (Å²) in [6, 6.07) is 3.91. The Hall–Kier alpha value is -2.69. The number of aliphatic hydroxyl groups excluding tert-OH is 1. The topological polar surface area (TPSA) is 65.7 Å². The lowest BCUT2D eigenvalue weighted by Crippen LogP contribution is -2.35. The van der Waals surface area contributed by atoms with Crippen molar-refractivity contribution in [3.8, 4) is 5.75 Å². The number of anilines is 1. The number of aryl methyl sites for hydroxylation is 2. The van der Waals surface area contributed by atoms with Crippen molar-refractivity contribution in [2.45, 2.75) is 45.4 Å². The third-order valence-corrected chi connectivity index (χ3v) is 6.92. The molecule has 5 nitrogen and oxygen atoms in total. The first kappa shape index (κ1) is 17.4. The summed E-state index contributed by atoms with van der Waals surface area (Å²) in [5.41, 5.74) is 7.12. The van der Waals surface area contributed by atoms with E-state index in [0.717, 1.165) is 61.3 Å². The molecule has 1 aromatic heterocycles. The minimum Gasteiger partial charge on any atom is -0.510 e. The largest absolute Gasteiger partial charge is 0.510 e. The van der Waals surface area contributed by atoms with Crippen LogP contribution < -0.4 is 4.90 Å². The molecule has 28 heavy (non-hydrogen) atoms. The van der Waals surface area contributed by atoms with Gasteiger partial charge in [-0.2, -0.15) is 0 Å². The van der Waals surface area contributed by atoms with Gasteiger partial charge in [0.2, 0.25) is 0 Å². The van der Waals surface area contributed by atoms with E-state index in [4.69, 9.17) is 0 Å². The summed E-state index contributed by atoms with van der Waals surface area (Å²) >= 11 is 0. The van der Waals surface area contributed by atoms with E-state index in [2.05, 4.69) is 4.90 Å². The number of ketones is 1. The zero-order valence-corrected chi connectivity index (χ0v) is 16.7. The second-order valence-corrected chi connectivity index (χ2v) is 8.40. The van der Waals surface area contributed by atoms with E-state index in [1.165, 1.54) is 11.3 Å². The van der Waals surface area contributed by atoms with Gasteiger partial charge in [-0.05, 0) is 57.2 Å². The summed E-state index contributed by atoms with van der Waals surface area (Å²) in [5.74, 6) is -0.550. The van der Waals surface area contributed by atoms with Gasteiger partial charge in [0.1, 0.15) is 17.4 Å². The van der Waals surface area contributed by atoms with Gasteiger partial charge in [0, 0.05) is 53.9 Å². The molecule has 2 aromatic rings. The molecule has 1 aliphatic carbocycles. The number of carbonyl (C=O) groups excluding carboxylic acids is 1. The molecule has 146 valence electrons. The Morgan fingerprint density at radius 1 is 1.07 bits per heavy atom. The van der Waals surface area contributed by atoms with Crippen molar-refractivity contribution in [1.82, 2.24) is 4.57 Å². The summed E-state index contributed by atoms with van der Waals surface area (Å²) in [6.07, 6.45) is 3.89. The van der Waals surface area contributed by atoms with Crippen molar-refractivity contribution in [3.05, 3.63) is 51.5 Å². The summed E-state index contributed by atoms with van der Waals surface area (Å²) in [7, 11) is 1.96. The number of hydrogen-bond donors (Lipinski definition) is 2. The standard InChI is InChI=1S/C23H26N2O3/c1-12-10-16(13(2)24(12)3)18-22(27)19(23(18)28)17-11-14-6-4-8-25-9-5-7-15(20(14)25)21(17)26/h10-11,19,26-27H,4-9H2,1-3H3. The highest BCUT2D eigenvalue weighted by molar-refractivity contribution is 6.32. The molecule has 2 N–H and O–H groups in total. The van der Waals surface area contributed by atoms with Gasteiger partial charge in [-0.15, -0.1) is 0 Å². The van der Waals surface area contributed by atoms with Gasteiger partial charge in [0.25, 0.3) is 0 Å². The number of phenolic OH excluding ortho intramolecular Hbond substituents is 1. The third kappa shape index (κ3) is 2.16. The maximum atomic E-state index is 13.1. The minimum atomic E-state index is -0.742. The maximum Gasteiger partial charge on any atom is 0.182 e. The SMILES string of the molecule is Cc1cc(C2=C(O)C(c3cc4c5c(c3O)CCCN5CCC4)C2=O)c(C)n1C. The van der Waals surface area contributed by atoms with E-state index in [0.29, 0.717) is 11.1 Å². The Labute approximate surface area is 164 Å². The molecule has 5 heteroatoms. The van der Waals surface area contributed by atoms with Gasteiger partial charge < -0.3 is 19.7 Å². The summed E-state index contributed by atoms with van der Waals surface area (Å²) < 4.78 is 2.02. The first-order valence-electron chi connectivity index (χ1n) is 10.1. The zero-order chi connectivity index (χ0) is 19.7. The lowest BCUT2D eigenvalue weighted by atomic mass is 9.73. The van der Waals surface area contributed by atoms with Crippen LogP contribution in [0.1, 0.15) is 52.4 Å². The number of aromatic nitrogens is 1. The molecule has 0 spiro atoms. The summed E-state index contributed by atoms with van der Waals surface area (Å²) in [4.78, 5) is 15.5. The first-order chi connectivity index (χ1) is 13.4. The van der Waals surface area contributed by atoms with Crippen molar-refractivity contribution >= 4 is 17.0 Å². The highest BCUT2D eigenvalue weighted by Crippen LogP contribution is 2.50. The molecule has 3 heterocycles. The van der Waals surface area contributed by atoms with Crippen LogP contribution in [0.4, 0.5) is 5.69 Å². The average molecular weight is 378 g/mol. The Morgan fingerprint density at radius 2 is 1.79 bits per heavy atom. The number of hydrogen-bond acceptors (Lipinski definition) is 4. The van der Waals surface area contributed by atoms with Crippen LogP contribution >= 0.6 is 0 Å². The Balaban J connectivity index is 1.62. The fraction of sp³-hybridized carbons (Fsp3) is 0.435. The van der Waals surface area contributed by atoms with Gasteiger partial charge in [-0.25, -0.2) is 0 Å². The highest BCUT2D eigenvalue weighted by atomic mass is 16.3. The molecule has 0 saturated carbocycles. The van der Waals surface area contributed by atoms with Crippen molar-refractivity contribution in [2.24, 2.45) is 7.05 Å². The molecular weight excluding hydrogens is 352 g/mol. The minimum absolute atomic E-state index is 0.0876. The van der Waals surface area contributed by atoms with Crippen molar-refractivity contribution in [1.29, 1.82) is 0 Å². The van der Waals surface area contributed by atoms with Crippen molar-refractivity contribution in [3.63, 3.8) is 0 Å². The van der Waals surface area contributed by atoms with Crippen LogP contribution in [0.5, 0.6) is 5.75 Å². The molecule has 0 bridgehead atoms. The lowest BCUT2D eigenvalue weighted by molar-refractivity contribution is -0.116. The second-order valence-electron chi connectivity index (χ2n) is 8.40. The fourth-order valence-corrected chi connectivity index (χ4v) is 5.22. The molecule has 1 aromatic carbocycles. The first-order valence-corrected chi connectivity index (χ1v) is 10.1. The number of rotatable bonds is 2. The molecule has 0 saturated heterocycles. The third-order valence-electron chi connectivity index (χ3n) is 6.92. The highest BCUT2D eigenvalue weighted by Gasteiger charge is 2.44. The van der Waals surface area contributed by atoms with Crippen LogP contribution in [0.25, 0.3) is 5.57 Å². The number of allylic oxidation sites excluding steroid dienone is 2. The number of nitrogens with zero attached hydrogens (tertiary/aromatic N) is 2. The van der Waals surface area contributed by atoms with Crippen LogP contribution in [-0.2, 0) is 24.7 Å². The number of benzene rings is 1. The summed E-state index contributed by atoms with van der Waals surface area (Å²) in [6.45, 7) is 6.00. The Kier molecular flexibility index (Phi) is 3.67. The molecule has 3 aliphatic rings. The normalized spacial score (nSPS) is 21.0. The van der Waals surface area contributed by atoms with Crippen LogP contribution in [0.3, 0.4) is 0 Å². The van der Waals surface area contributed by atoms with Gasteiger partial charge in [0.15, 0.2) is 5.78 Å². The van der Waals surface area contributed by atoms with Crippen LogP contribution in [0, 0.1) is 13.8 Å². The quantitative estimate of drug-likeness (QED) is 0.837. The number of aliphatic hydroxyl groups is 1. The number of aromatic hydroxyl groups is 1. The van der Waals surface area contributed by atoms with E-state index in [9.17, 15) is 15.0 Å². The monoisotopic (exact) mass is 378 g/mol. The Bertz CT molecular complexity index is 1060. The van der Waals surface area contributed by atoms with Crippen LogP contribution in [0.15, 0.2) is 17.9 Å². The molecular formula is C23H26N2O3. The van der Waals surface area contributed by atoms with Gasteiger partial charge in [0.05, 0.1) is 5.57 Å². The van der Waals surface area contributed by atoms with E-state index in [1.807, 2.05) is 37.6 Å². The molecule has 2 aliphatic heterocycles. The average Bonchev–Trinajstić information content (AvgIpc) is 2.93. The summed E-state index contributed by atoms with van der Waals surface area (Å²) in [5, 5.41) is 21.9. The van der Waals surface area contributed by atoms with E-state index >= 15 is 0 Å². The zero-order valence-electron chi connectivity index (χ0n) is 16.7. The lowest BCUT2D eigenvalue weighted by Gasteiger charge is -2.39. The van der Waals surface area contributed by atoms with E-state index in [1.54, 1.807) is 0 Å². The number of phenols is 1. The van der Waals surface area contributed by atoms with Gasteiger partial charge >= 0.3 is 0 Å². The Morgan fingerprint density at radius 3 is 2.43 bits per heavy atom. The van der Waals surface area contributed by atoms with Gasteiger partial charge in [-0.3, -0.25) is 4.79 Å². The second kappa shape index (κ2) is 5.90. The molecule has 0 fully saturated rings. The van der Waals surface area contributed by atoms with E-state index < -0.39 is 5.92 Å². The molecule has 1 unspecified atom stereocenters. The molecule has 1 atom stereocenters. The van der Waals surface area contributed by atoms with Crippen molar-refractivity contribution in [2.75, 3.05) is 18.0 Å².